The molecule has 11 heteroatoms. The van der Waals surface area contributed by atoms with Crippen LogP contribution in [-0.4, -0.2) is 90.9 Å². The molecule has 2 N–H and O–H groups in total. The first-order valence-corrected chi connectivity index (χ1v) is 14.1. The molecule has 4 heterocycles. The molecule has 0 bridgehead atoms. The summed E-state index contributed by atoms with van der Waals surface area (Å²) in [6.07, 6.45) is 5.45. The van der Waals surface area contributed by atoms with Gasteiger partial charge in [-0.1, -0.05) is 6.07 Å². The van der Waals surface area contributed by atoms with Crippen LogP contribution in [-0.2, 0) is 14.3 Å². The molecule has 2 aromatic heterocycles. The SMILES string of the molecule is COC(=O)c1ccc2c(c1)NC(=O)/C2=C(\Nc1ccc(N(C)C(=O)CN2CCN(C)CC2)cc1)c1ccn2ccnc2c1. The van der Waals surface area contributed by atoms with Crippen molar-refractivity contribution in [3.05, 3.63) is 89.9 Å². The van der Waals surface area contributed by atoms with Gasteiger partial charge in [-0.05, 0) is 55.6 Å². The number of benzene rings is 2. The van der Waals surface area contributed by atoms with Crippen molar-refractivity contribution in [1.82, 2.24) is 19.2 Å². The van der Waals surface area contributed by atoms with Gasteiger partial charge in [-0.3, -0.25) is 14.5 Å². The second-order valence-corrected chi connectivity index (χ2v) is 10.8. The van der Waals surface area contributed by atoms with Crippen LogP contribution >= 0.6 is 0 Å². The lowest BCUT2D eigenvalue weighted by molar-refractivity contribution is -0.119. The van der Waals surface area contributed by atoms with Gasteiger partial charge < -0.3 is 29.6 Å². The number of hydrogen-bond donors (Lipinski definition) is 2. The number of imidazole rings is 1. The Morgan fingerprint density at radius 2 is 1.77 bits per heavy atom. The van der Waals surface area contributed by atoms with E-state index in [4.69, 9.17) is 4.74 Å². The number of fused-ring (bicyclic) bond motifs is 2. The number of carbonyl (C=O) groups excluding carboxylic acids is 3. The number of carbonyl (C=O) groups is 3. The van der Waals surface area contributed by atoms with E-state index in [-0.39, 0.29) is 11.8 Å². The average molecular weight is 580 g/mol. The zero-order chi connectivity index (χ0) is 30.1. The first kappa shape index (κ1) is 28.1. The smallest absolute Gasteiger partial charge is 0.337 e. The maximum Gasteiger partial charge on any atom is 0.337 e. The summed E-state index contributed by atoms with van der Waals surface area (Å²) in [5.41, 5.74) is 5.56. The zero-order valence-corrected chi connectivity index (χ0v) is 24.3. The van der Waals surface area contributed by atoms with Crippen LogP contribution in [0, 0.1) is 0 Å². The maximum atomic E-state index is 13.4. The summed E-state index contributed by atoms with van der Waals surface area (Å²) in [5.74, 6) is -0.745. The molecule has 0 unspecified atom stereocenters. The molecule has 2 aliphatic heterocycles. The van der Waals surface area contributed by atoms with Gasteiger partial charge in [0.2, 0.25) is 5.91 Å². The molecular formula is C32H33N7O4. The van der Waals surface area contributed by atoms with Crippen molar-refractivity contribution in [2.24, 2.45) is 0 Å². The number of anilines is 3. The predicted molar refractivity (Wildman–Crippen MR) is 166 cm³/mol. The highest BCUT2D eigenvalue weighted by atomic mass is 16.5. The van der Waals surface area contributed by atoms with E-state index in [9.17, 15) is 14.4 Å². The third-order valence-corrected chi connectivity index (χ3v) is 7.97. The Hall–Kier alpha value is -5.00. The van der Waals surface area contributed by atoms with Gasteiger partial charge in [0.05, 0.1) is 36.2 Å². The van der Waals surface area contributed by atoms with E-state index in [1.54, 1.807) is 36.3 Å². The number of likely N-dealkylation sites (N-methyl/N-ethyl adjacent to an activating group) is 2. The highest BCUT2D eigenvalue weighted by Crippen LogP contribution is 2.38. The summed E-state index contributed by atoms with van der Waals surface area (Å²) in [4.78, 5) is 49.0. The highest BCUT2D eigenvalue weighted by Gasteiger charge is 2.30. The Labute approximate surface area is 249 Å². The summed E-state index contributed by atoms with van der Waals surface area (Å²) in [6.45, 7) is 4.04. The Bertz CT molecular complexity index is 1740. The zero-order valence-electron chi connectivity index (χ0n) is 24.3. The molecular weight excluding hydrogens is 546 g/mol. The number of rotatable bonds is 7. The second kappa shape index (κ2) is 11.7. The third kappa shape index (κ3) is 5.72. The maximum absolute atomic E-state index is 13.4. The summed E-state index contributed by atoms with van der Waals surface area (Å²) >= 11 is 0. The molecule has 2 amide bonds. The van der Waals surface area contributed by atoms with Crippen LogP contribution < -0.4 is 15.5 Å². The number of methoxy groups -OCH3 is 1. The van der Waals surface area contributed by atoms with Crippen LogP contribution in [0.5, 0.6) is 0 Å². The van der Waals surface area contributed by atoms with Crippen LogP contribution in [0.1, 0.15) is 21.5 Å². The molecule has 0 radical (unpaired) electrons. The molecule has 0 aliphatic carbocycles. The van der Waals surface area contributed by atoms with E-state index in [1.807, 2.05) is 53.2 Å². The van der Waals surface area contributed by atoms with Crippen molar-refractivity contribution < 1.29 is 19.1 Å². The monoisotopic (exact) mass is 579 g/mol. The minimum Gasteiger partial charge on any atom is -0.465 e. The molecule has 0 spiro atoms. The molecule has 0 atom stereocenters. The predicted octanol–water partition coefficient (Wildman–Crippen LogP) is 3.26. The minimum atomic E-state index is -0.482. The van der Waals surface area contributed by atoms with Gasteiger partial charge in [-0.2, -0.15) is 0 Å². The van der Waals surface area contributed by atoms with Crippen LogP contribution in [0.25, 0.3) is 16.9 Å². The summed E-state index contributed by atoms with van der Waals surface area (Å²) in [5, 5.41) is 6.34. The second-order valence-electron chi connectivity index (χ2n) is 10.8. The summed E-state index contributed by atoms with van der Waals surface area (Å²) in [6, 6.07) is 16.4. The fraction of sp³-hybridized carbons (Fsp3) is 0.250. The number of hydrogen-bond acceptors (Lipinski definition) is 8. The van der Waals surface area contributed by atoms with Crippen molar-refractivity contribution in [2.45, 2.75) is 0 Å². The molecule has 0 saturated carbocycles. The topological polar surface area (TPSA) is 112 Å². The van der Waals surface area contributed by atoms with Crippen molar-refractivity contribution >= 4 is 51.8 Å². The first-order valence-electron chi connectivity index (χ1n) is 14.1. The lowest BCUT2D eigenvalue weighted by atomic mass is 9.99. The quantitative estimate of drug-likeness (QED) is 0.254. The largest absolute Gasteiger partial charge is 0.465 e. The molecule has 2 aliphatic rings. The Morgan fingerprint density at radius 1 is 1.00 bits per heavy atom. The molecule has 6 rings (SSSR count). The number of piperazine rings is 1. The summed E-state index contributed by atoms with van der Waals surface area (Å²) in [7, 11) is 5.20. The van der Waals surface area contributed by atoms with Gasteiger partial charge in [-0.25, -0.2) is 9.78 Å². The molecule has 11 nitrogen and oxygen atoms in total. The van der Waals surface area contributed by atoms with Gasteiger partial charge in [-0.15, -0.1) is 0 Å². The van der Waals surface area contributed by atoms with Gasteiger partial charge in [0.1, 0.15) is 5.65 Å². The Kier molecular flexibility index (Phi) is 7.66. The molecule has 220 valence electrons. The van der Waals surface area contributed by atoms with Gasteiger partial charge in [0.15, 0.2) is 0 Å². The third-order valence-electron chi connectivity index (χ3n) is 7.97. The standard InChI is InChI=1S/C32H33N7O4/c1-36-14-16-38(17-15-36)20-28(40)37(2)24-7-5-23(6-8-24)34-30(21-10-12-39-13-11-33-27(39)19-21)29-25-9-4-22(32(42)43-3)18-26(25)35-31(29)41/h4-13,18-19,34H,14-17,20H2,1-3H3,(H,35,41)/b30-29-. The van der Waals surface area contributed by atoms with Gasteiger partial charge in [0.25, 0.3) is 5.91 Å². The number of esters is 1. The van der Waals surface area contributed by atoms with Crippen LogP contribution in [0.4, 0.5) is 17.1 Å². The molecule has 1 fully saturated rings. The van der Waals surface area contributed by atoms with Crippen molar-refractivity contribution in [3.8, 4) is 0 Å². The fourth-order valence-electron chi connectivity index (χ4n) is 5.37. The normalized spacial score (nSPS) is 16.5. The lowest BCUT2D eigenvalue weighted by Gasteiger charge is -2.32. The fourth-order valence-corrected chi connectivity index (χ4v) is 5.37. The molecule has 43 heavy (non-hydrogen) atoms. The van der Waals surface area contributed by atoms with Gasteiger partial charge >= 0.3 is 5.97 Å². The Morgan fingerprint density at radius 3 is 2.51 bits per heavy atom. The van der Waals surface area contributed by atoms with E-state index in [0.717, 1.165) is 48.8 Å². The number of pyridine rings is 1. The van der Waals surface area contributed by atoms with Crippen molar-refractivity contribution in [3.63, 3.8) is 0 Å². The van der Waals surface area contributed by atoms with E-state index in [2.05, 4.69) is 32.5 Å². The van der Waals surface area contributed by atoms with E-state index in [0.29, 0.717) is 34.6 Å². The van der Waals surface area contributed by atoms with Crippen molar-refractivity contribution in [2.75, 3.05) is 69.5 Å². The number of nitrogens with one attached hydrogen (secondary N) is 2. The number of amides is 2. The lowest BCUT2D eigenvalue weighted by Crippen LogP contribution is -2.48. The van der Waals surface area contributed by atoms with Crippen LogP contribution in [0.2, 0.25) is 0 Å². The van der Waals surface area contributed by atoms with Crippen LogP contribution in [0.3, 0.4) is 0 Å². The molecule has 1 saturated heterocycles. The molecule has 4 aromatic rings. The van der Waals surface area contributed by atoms with E-state index in [1.165, 1.54) is 7.11 Å². The minimum absolute atomic E-state index is 0.0339. The first-order chi connectivity index (χ1) is 20.8. The highest BCUT2D eigenvalue weighted by molar-refractivity contribution is 6.37. The summed E-state index contributed by atoms with van der Waals surface area (Å²) < 4.78 is 6.74. The van der Waals surface area contributed by atoms with Crippen LogP contribution in [0.15, 0.2) is 73.2 Å². The Balaban J connectivity index is 1.30. The number of aromatic nitrogens is 2. The number of ether oxygens (including phenoxy) is 1. The number of nitrogens with zero attached hydrogens (tertiary/aromatic N) is 5. The van der Waals surface area contributed by atoms with Gasteiger partial charge in [0, 0.05) is 74.3 Å². The van der Waals surface area contributed by atoms with Crippen molar-refractivity contribution in [1.29, 1.82) is 0 Å². The average Bonchev–Trinajstić information content (AvgIpc) is 3.63. The molecule has 2 aromatic carbocycles. The van der Waals surface area contributed by atoms with E-state index >= 15 is 0 Å². The van der Waals surface area contributed by atoms with E-state index < -0.39 is 5.97 Å².